The van der Waals surface area contributed by atoms with Crippen molar-refractivity contribution in [1.82, 2.24) is 10.4 Å². The molecule has 3 atom stereocenters. The van der Waals surface area contributed by atoms with Crippen LogP contribution in [-0.2, 0) is 9.59 Å². The maximum absolute atomic E-state index is 13.8. The highest BCUT2D eigenvalue weighted by Crippen LogP contribution is 2.42. The van der Waals surface area contributed by atoms with E-state index in [1.165, 1.54) is 9.91 Å². The van der Waals surface area contributed by atoms with Crippen LogP contribution in [-0.4, -0.2) is 49.5 Å². The third-order valence-electron chi connectivity index (χ3n) is 6.70. The van der Waals surface area contributed by atoms with E-state index in [1.807, 2.05) is 56.3 Å². The second-order valence-electron chi connectivity index (χ2n) is 9.19. The number of rotatable bonds is 6. The number of hydrogen-bond acceptors (Lipinski definition) is 6. The lowest BCUT2D eigenvalue weighted by Crippen LogP contribution is -2.48. The largest absolute Gasteiger partial charge is 0.494 e. The molecule has 190 valence electrons. The fourth-order valence-electron chi connectivity index (χ4n) is 4.90. The molecule has 0 aromatic heterocycles. The van der Waals surface area contributed by atoms with Crippen LogP contribution in [0.15, 0.2) is 77.3 Å². The molecule has 0 spiro atoms. The van der Waals surface area contributed by atoms with Crippen molar-refractivity contribution < 1.29 is 19.1 Å². The molecule has 37 heavy (non-hydrogen) atoms. The van der Waals surface area contributed by atoms with E-state index in [0.29, 0.717) is 23.6 Å². The Morgan fingerprint density at radius 1 is 1.00 bits per heavy atom. The predicted octanol–water partition coefficient (Wildman–Crippen LogP) is 4.17. The van der Waals surface area contributed by atoms with Gasteiger partial charge in [0.1, 0.15) is 11.8 Å². The van der Waals surface area contributed by atoms with Gasteiger partial charge in [0.15, 0.2) is 0 Å². The number of hydrazine groups is 1. The third-order valence-corrected chi connectivity index (χ3v) is 7.19. The Balaban J connectivity index is 1.54. The number of hydrogen-bond donors (Lipinski definition) is 1. The number of carbonyl (C=O) groups is 3. The van der Waals surface area contributed by atoms with Gasteiger partial charge in [-0.2, -0.15) is 0 Å². The summed E-state index contributed by atoms with van der Waals surface area (Å²) in [5.41, 5.74) is 5.88. The predicted molar refractivity (Wildman–Crippen MR) is 144 cm³/mol. The molecule has 3 aromatic carbocycles. The SMILES string of the molecule is CCOc1ccc(N2C(=O)[C@H]3[C@@H](C2=O)N(C(=O)c2cccc(Br)c2)N[C@H]3c2ccc(N(C)C)cc2)cc1. The lowest BCUT2D eigenvalue weighted by molar-refractivity contribution is -0.123. The topological polar surface area (TPSA) is 82.2 Å². The third kappa shape index (κ3) is 4.49. The summed E-state index contributed by atoms with van der Waals surface area (Å²) in [6.45, 7) is 2.40. The van der Waals surface area contributed by atoms with Crippen molar-refractivity contribution in [3.63, 3.8) is 0 Å². The number of nitrogens with one attached hydrogen (secondary N) is 1. The Hall–Kier alpha value is -3.69. The van der Waals surface area contributed by atoms with Crippen molar-refractivity contribution in [2.24, 2.45) is 5.92 Å². The van der Waals surface area contributed by atoms with Crippen molar-refractivity contribution in [2.75, 3.05) is 30.5 Å². The molecule has 0 bridgehead atoms. The number of amides is 3. The number of nitrogens with zero attached hydrogens (tertiary/aromatic N) is 3. The van der Waals surface area contributed by atoms with E-state index < -0.39 is 23.9 Å². The van der Waals surface area contributed by atoms with Crippen LogP contribution in [0.3, 0.4) is 0 Å². The Bertz CT molecular complexity index is 1340. The van der Waals surface area contributed by atoms with E-state index >= 15 is 0 Å². The lowest BCUT2D eigenvalue weighted by Gasteiger charge is -2.25. The fourth-order valence-corrected chi connectivity index (χ4v) is 5.30. The van der Waals surface area contributed by atoms with Crippen LogP contribution in [0.5, 0.6) is 5.75 Å². The summed E-state index contributed by atoms with van der Waals surface area (Å²) in [7, 11) is 3.90. The van der Waals surface area contributed by atoms with E-state index in [9.17, 15) is 14.4 Å². The Morgan fingerprint density at radius 3 is 2.32 bits per heavy atom. The van der Waals surface area contributed by atoms with Crippen LogP contribution in [0.25, 0.3) is 0 Å². The first-order chi connectivity index (χ1) is 17.8. The molecule has 0 saturated carbocycles. The number of fused-ring (bicyclic) bond motifs is 1. The van der Waals surface area contributed by atoms with Gasteiger partial charge in [-0.3, -0.25) is 19.4 Å². The van der Waals surface area contributed by atoms with Crippen molar-refractivity contribution in [2.45, 2.75) is 19.0 Å². The van der Waals surface area contributed by atoms with Gasteiger partial charge in [-0.05, 0) is 67.1 Å². The van der Waals surface area contributed by atoms with Crippen molar-refractivity contribution in [3.05, 3.63) is 88.4 Å². The minimum Gasteiger partial charge on any atom is -0.494 e. The van der Waals surface area contributed by atoms with Crippen LogP contribution in [0.4, 0.5) is 11.4 Å². The number of imide groups is 1. The van der Waals surface area contributed by atoms with Crippen LogP contribution >= 0.6 is 15.9 Å². The lowest BCUT2D eigenvalue weighted by atomic mass is 9.90. The Morgan fingerprint density at radius 2 is 1.70 bits per heavy atom. The van der Waals surface area contributed by atoms with Gasteiger partial charge in [-0.15, -0.1) is 0 Å². The molecule has 9 heteroatoms. The minimum atomic E-state index is -0.982. The number of carbonyl (C=O) groups excluding carboxylic acids is 3. The highest BCUT2D eigenvalue weighted by molar-refractivity contribution is 9.10. The monoisotopic (exact) mass is 562 g/mol. The summed E-state index contributed by atoms with van der Waals surface area (Å²) in [4.78, 5) is 44.4. The maximum atomic E-state index is 13.8. The van der Waals surface area contributed by atoms with Crippen LogP contribution in [0, 0.1) is 5.92 Å². The van der Waals surface area contributed by atoms with Gasteiger partial charge < -0.3 is 9.64 Å². The highest BCUT2D eigenvalue weighted by Gasteiger charge is 2.60. The molecule has 2 saturated heterocycles. The standard InChI is InChI=1S/C28H27BrN4O4/c1-4-37-22-14-12-21(13-15-22)32-27(35)23-24(17-8-10-20(11-9-17)31(2)3)30-33(25(23)28(32)36)26(34)18-6-5-7-19(29)16-18/h5-16,23-25,30H,4H2,1-3H3/t23-,24+,25+/m1/s1. The van der Waals surface area contributed by atoms with E-state index in [1.54, 1.807) is 42.5 Å². The summed E-state index contributed by atoms with van der Waals surface area (Å²) in [6, 6.07) is 20.0. The molecule has 2 aliphatic rings. The molecule has 3 aromatic rings. The van der Waals surface area contributed by atoms with Crippen LogP contribution in [0.2, 0.25) is 0 Å². The van der Waals surface area contributed by atoms with Gasteiger partial charge in [-0.1, -0.05) is 34.1 Å². The highest BCUT2D eigenvalue weighted by atomic mass is 79.9. The Labute approximate surface area is 223 Å². The second-order valence-corrected chi connectivity index (χ2v) is 10.1. The minimum absolute atomic E-state index is 0.349. The summed E-state index contributed by atoms with van der Waals surface area (Å²) in [5, 5.41) is 1.33. The molecule has 1 N–H and O–H groups in total. The van der Waals surface area contributed by atoms with E-state index in [4.69, 9.17) is 4.74 Å². The van der Waals surface area contributed by atoms with Crippen molar-refractivity contribution >= 4 is 45.0 Å². The fraction of sp³-hybridized carbons (Fsp3) is 0.250. The molecule has 0 unspecified atom stereocenters. The zero-order chi connectivity index (χ0) is 26.3. The summed E-state index contributed by atoms with van der Waals surface area (Å²) < 4.78 is 6.25. The van der Waals surface area contributed by atoms with E-state index in [2.05, 4.69) is 21.4 Å². The Kier molecular flexibility index (Phi) is 6.74. The van der Waals surface area contributed by atoms with Crippen LogP contribution in [0.1, 0.15) is 28.9 Å². The van der Waals surface area contributed by atoms with E-state index in [0.717, 1.165) is 15.7 Å². The first kappa shape index (κ1) is 25.0. The van der Waals surface area contributed by atoms with Gasteiger partial charge in [0, 0.05) is 29.8 Å². The maximum Gasteiger partial charge on any atom is 0.268 e. The first-order valence-electron chi connectivity index (χ1n) is 12.0. The summed E-state index contributed by atoms with van der Waals surface area (Å²) in [5.74, 6) is -1.29. The molecule has 2 heterocycles. The molecule has 0 radical (unpaired) electrons. The molecule has 5 rings (SSSR count). The zero-order valence-corrected chi connectivity index (χ0v) is 22.3. The quantitative estimate of drug-likeness (QED) is 0.454. The number of anilines is 2. The van der Waals surface area contributed by atoms with E-state index in [-0.39, 0.29) is 11.8 Å². The average molecular weight is 563 g/mol. The second kappa shape index (κ2) is 9.99. The molecule has 3 amide bonds. The number of ether oxygens (including phenoxy) is 1. The molecule has 2 aliphatic heterocycles. The van der Waals surface area contributed by atoms with Crippen LogP contribution < -0.4 is 20.0 Å². The normalized spacial score (nSPS) is 20.8. The molecule has 0 aliphatic carbocycles. The number of benzene rings is 3. The number of halogens is 1. The van der Waals surface area contributed by atoms with Gasteiger partial charge >= 0.3 is 0 Å². The van der Waals surface area contributed by atoms with Crippen molar-refractivity contribution in [3.8, 4) is 5.75 Å². The summed E-state index contributed by atoms with van der Waals surface area (Å²) >= 11 is 3.41. The average Bonchev–Trinajstić information content (AvgIpc) is 3.41. The van der Waals surface area contributed by atoms with Gasteiger partial charge in [0.05, 0.1) is 24.3 Å². The molecular formula is C28H27BrN4O4. The van der Waals surface area contributed by atoms with Gasteiger partial charge in [-0.25, -0.2) is 10.3 Å². The van der Waals surface area contributed by atoms with Gasteiger partial charge in [0.2, 0.25) is 5.91 Å². The summed E-state index contributed by atoms with van der Waals surface area (Å²) in [6.07, 6.45) is 0. The molecule has 8 nitrogen and oxygen atoms in total. The van der Waals surface area contributed by atoms with Crippen molar-refractivity contribution in [1.29, 1.82) is 0 Å². The smallest absolute Gasteiger partial charge is 0.268 e. The van der Waals surface area contributed by atoms with Gasteiger partial charge in [0.25, 0.3) is 11.8 Å². The molecular weight excluding hydrogens is 536 g/mol. The zero-order valence-electron chi connectivity index (χ0n) is 20.7. The molecule has 2 fully saturated rings. The first-order valence-corrected chi connectivity index (χ1v) is 12.8.